The van der Waals surface area contributed by atoms with E-state index in [1.807, 2.05) is 78.9 Å². The Morgan fingerprint density at radius 3 is 1.97 bits per heavy atom. The van der Waals surface area contributed by atoms with E-state index in [2.05, 4.69) is 21.2 Å². The molecule has 1 amide bonds. The zero-order chi connectivity index (χ0) is 21.1. The Hall–Kier alpha value is -3.25. The molecule has 152 valence electrons. The Balaban J connectivity index is 1.68. The molecule has 1 N–H and O–H groups in total. The SMILES string of the molecule is COc1ccc(NC2=CC(c3ccc(Br)cc3)N(c3ccc(OC)cc3)C2=O)cc1. The Labute approximate surface area is 184 Å². The molecule has 1 heterocycles. The summed E-state index contributed by atoms with van der Waals surface area (Å²) in [5, 5.41) is 3.26. The number of anilines is 2. The van der Waals surface area contributed by atoms with E-state index in [-0.39, 0.29) is 11.9 Å². The molecule has 1 atom stereocenters. The molecular weight excluding hydrogens is 444 g/mol. The maximum atomic E-state index is 13.4. The summed E-state index contributed by atoms with van der Waals surface area (Å²) in [7, 11) is 3.25. The van der Waals surface area contributed by atoms with E-state index in [4.69, 9.17) is 9.47 Å². The molecule has 0 spiro atoms. The van der Waals surface area contributed by atoms with Crippen LogP contribution in [0.25, 0.3) is 0 Å². The van der Waals surface area contributed by atoms with Gasteiger partial charge in [0.1, 0.15) is 17.2 Å². The lowest BCUT2D eigenvalue weighted by Gasteiger charge is -2.25. The van der Waals surface area contributed by atoms with Crippen LogP contribution >= 0.6 is 15.9 Å². The summed E-state index contributed by atoms with van der Waals surface area (Å²) in [6, 6.07) is 22.8. The molecule has 30 heavy (non-hydrogen) atoms. The van der Waals surface area contributed by atoms with Gasteiger partial charge in [0, 0.05) is 15.8 Å². The molecule has 0 fully saturated rings. The summed E-state index contributed by atoms with van der Waals surface area (Å²) in [5.74, 6) is 1.42. The second-order valence-corrected chi connectivity index (χ2v) is 7.72. The minimum atomic E-state index is -0.222. The number of nitrogens with zero attached hydrogens (tertiary/aromatic N) is 1. The number of benzene rings is 3. The van der Waals surface area contributed by atoms with Gasteiger partial charge in [-0.3, -0.25) is 9.69 Å². The predicted octanol–water partition coefficient (Wildman–Crippen LogP) is 5.55. The van der Waals surface area contributed by atoms with Crippen molar-refractivity contribution < 1.29 is 14.3 Å². The molecule has 0 saturated carbocycles. The summed E-state index contributed by atoms with van der Waals surface area (Å²) >= 11 is 3.48. The van der Waals surface area contributed by atoms with Gasteiger partial charge in [-0.05, 0) is 72.3 Å². The van der Waals surface area contributed by atoms with Crippen LogP contribution in [0.4, 0.5) is 11.4 Å². The molecule has 3 aromatic rings. The minimum Gasteiger partial charge on any atom is -0.497 e. The second kappa shape index (κ2) is 8.63. The van der Waals surface area contributed by atoms with Crippen molar-refractivity contribution in [2.24, 2.45) is 0 Å². The first-order chi connectivity index (χ1) is 14.6. The van der Waals surface area contributed by atoms with Crippen LogP contribution < -0.4 is 19.7 Å². The number of hydrogen-bond donors (Lipinski definition) is 1. The Morgan fingerprint density at radius 2 is 1.40 bits per heavy atom. The highest BCUT2D eigenvalue weighted by Gasteiger charge is 2.34. The molecule has 5 nitrogen and oxygen atoms in total. The van der Waals surface area contributed by atoms with Crippen LogP contribution in [0.2, 0.25) is 0 Å². The van der Waals surface area contributed by atoms with Gasteiger partial charge in [-0.15, -0.1) is 0 Å². The zero-order valence-electron chi connectivity index (χ0n) is 16.6. The molecule has 0 radical (unpaired) electrons. The number of rotatable bonds is 6. The maximum absolute atomic E-state index is 13.4. The molecule has 6 heteroatoms. The number of methoxy groups -OCH3 is 2. The van der Waals surface area contributed by atoms with Crippen molar-refractivity contribution in [3.63, 3.8) is 0 Å². The first-order valence-corrected chi connectivity index (χ1v) is 10.2. The first-order valence-electron chi connectivity index (χ1n) is 9.45. The number of amides is 1. The van der Waals surface area contributed by atoms with Crippen molar-refractivity contribution in [3.8, 4) is 11.5 Å². The molecule has 1 unspecified atom stereocenters. The van der Waals surface area contributed by atoms with Crippen LogP contribution in [-0.4, -0.2) is 20.1 Å². The number of halogens is 1. The van der Waals surface area contributed by atoms with Crippen molar-refractivity contribution >= 4 is 33.2 Å². The highest BCUT2D eigenvalue weighted by Crippen LogP contribution is 2.37. The molecule has 0 bridgehead atoms. The van der Waals surface area contributed by atoms with E-state index in [9.17, 15) is 4.79 Å². The molecule has 1 aliphatic heterocycles. The van der Waals surface area contributed by atoms with Gasteiger partial charge in [0.2, 0.25) is 0 Å². The van der Waals surface area contributed by atoms with E-state index < -0.39 is 0 Å². The van der Waals surface area contributed by atoms with E-state index in [0.29, 0.717) is 5.70 Å². The third-order valence-corrected chi connectivity index (χ3v) is 5.51. The van der Waals surface area contributed by atoms with Crippen molar-refractivity contribution in [1.82, 2.24) is 0 Å². The van der Waals surface area contributed by atoms with Gasteiger partial charge in [0.05, 0.1) is 20.3 Å². The van der Waals surface area contributed by atoms with Gasteiger partial charge in [-0.2, -0.15) is 0 Å². The summed E-state index contributed by atoms with van der Waals surface area (Å²) in [4.78, 5) is 15.2. The van der Waals surface area contributed by atoms with Crippen LogP contribution in [0.5, 0.6) is 11.5 Å². The van der Waals surface area contributed by atoms with Gasteiger partial charge >= 0.3 is 0 Å². The summed E-state index contributed by atoms with van der Waals surface area (Å²) < 4.78 is 11.5. The molecular formula is C24H21BrN2O3. The lowest BCUT2D eigenvalue weighted by Crippen LogP contribution is -2.30. The van der Waals surface area contributed by atoms with E-state index in [1.165, 1.54) is 0 Å². The zero-order valence-corrected chi connectivity index (χ0v) is 18.2. The summed E-state index contributed by atoms with van der Waals surface area (Å²) in [6.07, 6.45) is 1.96. The van der Waals surface area contributed by atoms with Crippen LogP contribution in [0, 0.1) is 0 Å². The van der Waals surface area contributed by atoms with Crippen LogP contribution in [0.15, 0.2) is 89.0 Å². The number of ether oxygens (including phenoxy) is 2. The summed E-state index contributed by atoms with van der Waals surface area (Å²) in [5.41, 5.74) is 3.18. The molecule has 4 rings (SSSR count). The van der Waals surface area contributed by atoms with E-state index in [1.54, 1.807) is 19.1 Å². The lowest BCUT2D eigenvalue weighted by molar-refractivity contribution is -0.114. The fraction of sp³-hybridized carbons (Fsp3) is 0.125. The minimum absolute atomic E-state index is 0.0936. The number of carbonyl (C=O) groups excluding carboxylic acids is 1. The molecule has 0 saturated heterocycles. The maximum Gasteiger partial charge on any atom is 0.275 e. The molecule has 3 aromatic carbocycles. The molecule has 0 aromatic heterocycles. The Bertz CT molecular complexity index is 1060. The van der Waals surface area contributed by atoms with Gasteiger partial charge in [0.25, 0.3) is 5.91 Å². The number of nitrogens with one attached hydrogen (secondary N) is 1. The van der Waals surface area contributed by atoms with Gasteiger partial charge < -0.3 is 14.8 Å². The first kappa shape index (κ1) is 20.0. The fourth-order valence-corrected chi connectivity index (χ4v) is 3.68. The largest absolute Gasteiger partial charge is 0.497 e. The van der Waals surface area contributed by atoms with Crippen molar-refractivity contribution in [3.05, 3.63) is 94.6 Å². The van der Waals surface area contributed by atoms with Gasteiger partial charge in [-0.1, -0.05) is 28.1 Å². The molecule has 0 aliphatic carbocycles. The third-order valence-electron chi connectivity index (χ3n) is 4.98. The average Bonchev–Trinajstić information content (AvgIpc) is 3.10. The van der Waals surface area contributed by atoms with Gasteiger partial charge in [0.15, 0.2) is 0 Å². The van der Waals surface area contributed by atoms with Gasteiger partial charge in [-0.25, -0.2) is 0 Å². The molecule has 1 aliphatic rings. The second-order valence-electron chi connectivity index (χ2n) is 6.80. The van der Waals surface area contributed by atoms with Crippen molar-refractivity contribution in [1.29, 1.82) is 0 Å². The highest BCUT2D eigenvalue weighted by molar-refractivity contribution is 9.10. The van der Waals surface area contributed by atoms with Crippen LogP contribution in [0.3, 0.4) is 0 Å². The standard InChI is InChI=1S/C24H21BrN2O3/c1-29-20-11-7-18(8-12-20)26-22-15-23(16-3-5-17(25)6-4-16)27(24(22)28)19-9-13-21(30-2)14-10-19/h3-15,23,26H,1-2H3. The smallest absolute Gasteiger partial charge is 0.275 e. The van der Waals surface area contributed by atoms with Crippen molar-refractivity contribution in [2.45, 2.75) is 6.04 Å². The normalized spacial score (nSPS) is 15.7. The number of carbonyl (C=O) groups is 1. The number of hydrogen-bond acceptors (Lipinski definition) is 4. The topological polar surface area (TPSA) is 50.8 Å². The quantitative estimate of drug-likeness (QED) is 0.519. The summed E-state index contributed by atoms with van der Waals surface area (Å²) in [6.45, 7) is 0. The van der Waals surface area contributed by atoms with Crippen molar-refractivity contribution in [2.75, 3.05) is 24.4 Å². The lowest BCUT2D eigenvalue weighted by atomic mass is 10.1. The van der Waals surface area contributed by atoms with E-state index in [0.717, 1.165) is 32.9 Å². The predicted molar refractivity (Wildman–Crippen MR) is 122 cm³/mol. The van der Waals surface area contributed by atoms with Crippen LogP contribution in [-0.2, 0) is 4.79 Å². The Morgan fingerprint density at radius 1 is 0.833 bits per heavy atom. The third kappa shape index (κ3) is 4.04. The van der Waals surface area contributed by atoms with Crippen LogP contribution in [0.1, 0.15) is 11.6 Å². The Kier molecular flexibility index (Phi) is 5.77. The average molecular weight is 465 g/mol. The van der Waals surface area contributed by atoms with E-state index >= 15 is 0 Å². The monoisotopic (exact) mass is 464 g/mol. The fourth-order valence-electron chi connectivity index (χ4n) is 3.41. The highest BCUT2D eigenvalue weighted by atomic mass is 79.9.